The molecule has 0 heterocycles. The minimum atomic E-state index is -0.753. The van der Waals surface area contributed by atoms with Gasteiger partial charge < -0.3 is 10.2 Å². The highest BCUT2D eigenvalue weighted by atomic mass is 19.1. The van der Waals surface area contributed by atoms with Gasteiger partial charge in [0.05, 0.1) is 6.42 Å². The van der Waals surface area contributed by atoms with Gasteiger partial charge in [0.25, 0.3) is 0 Å². The van der Waals surface area contributed by atoms with Crippen molar-refractivity contribution in [2.45, 2.75) is 38.8 Å². The van der Waals surface area contributed by atoms with Crippen LogP contribution in [-0.2, 0) is 29.0 Å². The van der Waals surface area contributed by atoms with Crippen LogP contribution in [0.3, 0.4) is 0 Å². The number of carbonyl (C=O) groups is 2. The Labute approximate surface area is 193 Å². The maximum atomic E-state index is 13.5. The predicted molar refractivity (Wildman–Crippen MR) is 124 cm³/mol. The number of benzene rings is 3. The first kappa shape index (κ1) is 24.1. The molecule has 1 N–H and O–H groups in total. The van der Waals surface area contributed by atoms with E-state index in [4.69, 9.17) is 0 Å². The molecule has 3 aromatic carbocycles. The molecule has 0 unspecified atom stereocenters. The van der Waals surface area contributed by atoms with Crippen LogP contribution < -0.4 is 5.32 Å². The molecule has 0 spiro atoms. The predicted octanol–water partition coefficient (Wildman–Crippen LogP) is 4.67. The van der Waals surface area contributed by atoms with Gasteiger partial charge in [-0.15, -0.1) is 0 Å². The van der Waals surface area contributed by atoms with Gasteiger partial charge in [0.15, 0.2) is 0 Å². The van der Waals surface area contributed by atoms with Gasteiger partial charge in [0.1, 0.15) is 17.7 Å². The van der Waals surface area contributed by atoms with Crippen LogP contribution in [0.15, 0.2) is 78.9 Å². The van der Waals surface area contributed by atoms with E-state index >= 15 is 0 Å². The highest BCUT2D eigenvalue weighted by Crippen LogP contribution is 2.17. The molecular weight excluding hydrogens is 422 g/mol. The zero-order chi connectivity index (χ0) is 23.6. The van der Waals surface area contributed by atoms with Crippen LogP contribution in [0, 0.1) is 11.6 Å². The summed E-state index contributed by atoms with van der Waals surface area (Å²) >= 11 is 0. The Morgan fingerprint density at radius 1 is 0.818 bits per heavy atom. The Morgan fingerprint density at radius 3 is 1.97 bits per heavy atom. The lowest BCUT2D eigenvalue weighted by Gasteiger charge is -2.31. The van der Waals surface area contributed by atoms with Gasteiger partial charge in [-0.2, -0.15) is 0 Å². The zero-order valence-electron chi connectivity index (χ0n) is 18.6. The number of hydrogen-bond donors (Lipinski definition) is 1. The normalized spacial score (nSPS) is 11.6. The Morgan fingerprint density at radius 2 is 1.39 bits per heavy atom. The molecule has 2 amide bonds. The Bertz CT molecular complexity index is 1040. The summed E-state index contributed by atoms with van der Waals surface area (Å²) < 4.78 is 26.8. The van der Waals surface area contributed by atoms with Crippen molar-refractivity contribution in [2.75, 3.05) is 6.54 Å². The number of rotatable bonds is 10. The van der Waals surface area contributed by atoms with E-state index < -0.39 is 6.04 Å². The quantitative estimate of drug-likeness (QED) is 0.488. The van der Waals surface area contributed by atoms with E-state index in [9.17, 15) is 18.4 Å². The van der Waals surface area contributed by atoms with E-state index in [1.54, 1.807) is 24.3 Å². The van der Waals surface area contributed by atoms with E-state index in [1.165, 1.54) is 29.2 Å². The number of hydrogen-bond acceptors (Lipinski definition) is 2. The lowest BCUT2D eigenvalue weighted by Crippen LogP contribution is -2.51. The summed E-state index contributed by atoms with van der Waals surface area (Å²) in [5.41, 5.74) is 2.29. The average Bonchev–Trinajstić information content (AvgIpc) is 2.83. The standard InChI is InChI=1S/C27H28F2N2O2/c1-2-16-30-27(33)25(17-20-6-4-3-5-7-20)31(19-22-10-14-24(29)15-11-22)26(32)18-21-8-12-23(28)13-9-21/h3-15,25H,2,16-19H2,1H3,(H,30,33)/t25-/m1/s1. The Kier molecular flexibility index (Phi) is 8.70. The van der Waals surface area contributed by atoms with Crippen LogP contribution in [0.2, 0.25) is 0 Å². The van der Waals surface area contributed by atoms with Crippen molar-refractivity contribution in [2.24, 2.45) is 0 Å². The van der Waals surface area contributed by atoms with Gasteiger partial charge in [-0.05, 0) is 47.4 Å². The fourth-order valence-electron chi connectivity index (χ4n) is 3.58. The molecule has 0 fully saturated rings. The minimum absolute atomic E-state index is 0.0216. The summed E-state index contributed by atoms with van der Waals surface area (Å²) in [6.07, 6.45) is 1.13. The van der Waals surface area contributed by atoms with E-state index in [2.05, 4.69) is 5.32 Å². The fourth-order valence-corrected chi connectivity index (χ4v) is 3.58. The first-order valence-electron chi connectivity index (χ1n) is 11.1. The molecule has 172 valence electrons. The molecule has 0 saturated heterocycles. The van der Waals surface area contributed by atoms with E-state index in [0.29, 0.717) is 24.1 Å². The van der Waals surface area contributed by atoms with Crippen LogP contribution in [0.1, 0.15) is 30.0 Å². The summed E-state index contributed by atoms with van der Waals surface area (Å²) in [4.78, 5) is 28.2. The maximum absolute atomic E-state index is 13.5. The third kappa shape index (κ3) is 7.24. The number of amides is 2. The highest BCUT2D eigenvalue weighted by Gasteiger charge is 2.30. The second-order valence-corrected chi connectivity index (χ2v) is 7.95. The first-order chi connectivity index (χ1) is 16.0. The van der Waals surface area contributed by atoms with Crippen molar-refractivity contribution in [1.82, 2.24) is 10.2 Å². The summed E-state index contributed by atoms with van der Waals surface area (Å²) in [5, 5.41) is 2.91. The van der Waals surface area contributed by atoms with Gasteiger partial charge >= 0.3 is 0 Å². The SMILES string of the molecule is CCCNC(=O)[C@@H](Cc1ccccc1)N(Cc1ccc(F)cc1)C(=O)Cc1ccc(F)cc1. The second kappa shape index (κ2) is 11.9. The van der Waals surface area contributed by atoms with Crippen molar-refractivity contribution in [1.29, 1.82) is 0 Å². The fraction of sp³-hybridized carbons (Fsp3) is 0.259. The Hall–Kier alpha value is -3.54. The van der Waals surface area contributed by atoms with Crippen molar-refractivity contribution in [3.63, 3.8) is 0 Å². The van der Waals surface area contributed by atoms with Crippen LogP contribution >= 0.6 is 0 Å². The molecule has 0 aliphatic carbocycles. The lowest BCUT2D eigenvalue weighted by atomic mass is 10.0. The van der Waals surface area contributed by atoms with Crippen molar-refractivity contribution in [3.8, 4) is 0 Å². The number of carbonyl (C=O) groups excluding carboxylic acids is 2. The third-order valence-electron chi connectivity index (χ3n) is 5.36. The van der Waals surface area contributed by atoms with Crippen LogP contribution in [0.25, 0.3) is 0 Å². The van der Waals surface area contributed by atoms with Crippen LogP contribution in [0.5, 0.6) is 0 Å². The smallest absolute Gasteiger partial charge is 0.243 e. The second-order valence-electron chi connectivity index (χ2n) is 7.95. The van der Waals surface area contributed by atoms with Crippen molar-refractivity contribution in [3.05, 3.63) is 107 Å². The molecule has 0 aliphatic heterocycles. The maximum Gasteiger partial charge on any atom is 0.243 e. The van der Waals surface area contributed by atoms with E-state index in [1.807, 2.05) is 37.3 Å². The first-order valence-corrected chi connectivity index (χ1v) is 11.1. The molecule has 3 aromatic rings. The van der Waals surface area contributed by atoms with Gasteiger partial charge in [-0.1, -0.05) is 61.5 Å². The van der Waals surface area contributed by atoms with Gasteiger partial charge in [-0.3, -0.25) is 9.59 Å². The molecule has 0 saturated carbocycles. The van der Waals surface area contributed by atoms with Gasteiger partial charge in [0, 0.05) is 19.5 Å². The molecule has 0 radical (unpaired) electrons. The molecule has 0 bridgehead atoms. The molecule has 3 rings (SSSR count). The molecule has 33 heavy (non-hydrogen) atoms. The number of nitrogens with zero attached hydrogens (tertiary/aromatic N) is 1. The average molecular weight is 451 g/mol. The molecule has 0 aromatic heterocycles. The topological polar surface area (TPSA) is 49.4 Å². The van der Waals surface area contributed by atoms with Crippen LogP contribution in [0.4, 0.5) is 8.78 Å². The van der Waals surface area contributed by atoms with Crippen LogP contribution in [-0.4, -0.2) is 29.3 Å². The lowest BCUT2D eigenvalue weighted by molar-refractivity contribution is -0.140. The molecule has 6 heteroatoms. The zero-order valence-corrected chi connectivity index (χ0v) is 18.6. The molecular formula is C27H28F2N2O2. The third-order valence-corrected chi connectivity index (χ3v) is 5.36. The monoisotopic (exact) mass is 450 g/mol. The molecule has 0 aliphatic rings. The van der Waals surface area contributed by atoms with Crippen molar-refractivity contribution < 1.29 is 18.4 Å². The largest absolute Gasteiger partial charge is 0.354 e. The minimum Gasteiger partial charge on any atom is -0.354 e. The summed E-state index contributed by atoms with van der Waals surface area (Å²) in [6.45, 7) is 2.61. The number of halogens is 2. The highest BCUT2D eigenvalue weighted by molar-refractivity contribution is 5.88. The summed E-state index contributed by atoms with van der Waals surface area (Å²) in [7, 11) is 0. The van der Waals surface area contributed by atoms with Gasteiger partial charge in [0.2, 0.25) is 11.8 Å². The Balaban J connectivity index is 1.93. The van der Waals surface area contributed by atoms with Crippen molar-refractivity contribution >= 4 is 11.8 Å². The van der Waals surface area contributed by atoms with E-state index in [0.717, 1.165) is 12.0 Å². The number of nitrogens with one attached hydrogen (secondary N) is 1. The summed E-state index contributed by atoms with van der Waals surface area (Å²) in [5.74, 6) is -1.26. The van der Waals surface area contributed by atoms with E-state index in [-0.39, 0.29) is 36.4 Å². The molecule has 1 atom stereocenters. The summed E-state index contributed by atoms with van der Waals surface area (Å²) in [6, 6.07) is 20.4. The van der Waals surface area contributed by atoms with Gasteiger partial charge in [-0.25, -0.2) is 8.78 Å². The molecule has 4 nitrogen and oxygen atoms in total.